The molecular weight excluding hydrogens is 877 g/mol. The molecule has 402 valence electrons. The highest BCUT2D eigenvalue weighted by atomic mass is 16.6. The number of carbonyl (C=O) groups excluding carboxylic acids is 3. The molecule has 0 aliphatic carbocycles. The van der Waals surface area contributed by atoms with Gasteiger partial charge in [0.25, 0.3) is 0 Å². The molecule has 0 aromatic carbocycles. The summed E-state index contributed by atoms with van der Waals surface area (Å²) in [6, 6.07) is 0. The zero-order chi connectivity index (χ0) is 51.4. The van der Waals surface area contributed by atoms with E-state index in [-0.39, 0.29) is 37.5 Å². The van der Waals surface area contributed by atoms with Crippen LogP contribution in [0.15, 0.2) is 122 Å². The van der Waals surface area contributed by atoms with Gasteiger partial charge in [0.1, 0.15) is 13.2 Å². The van der Waals surface area contributed by atoms with Gasteiger partial charge in [0.15, 0.2) is 6.10 Å². The lowest BCUT2D eigenvalue weighted by molar-refractivity contribution is -0.167. The summed E-state index contributed by atoms with van der Waals surface area (Å²) in [5.74, 6) is -0.988. The van der Waals surface area contributed by atoms with E-state index in [1.165, 1.54) is 89.9 Å². The summed E-state index contributed by atoms with van der Waals surface area (Å²) >= 11 is 0. The fraction of sp³-hybridized carbons (Fsp3) is 0.646. The monoisotopic (exact) mass is 983 g/mol. The molecule has 0 aromatic heterocycles. The fourth-order valence-corrected chi connectivity index (χ4v) is 7.63. The summed E-state index contributed by atoms with van der Waals surface area (Å²) < 4.78 is 16.8. The molecule has 0 N–H and O–H groups in total. The molecular formula is C65H106O6. The third-order valence-electron chi connectivity index (χ3n) is 11.9. The maximum Gasteiger partial charge on any atom is 0.306 e. The number of hydrogen-bond donors (Lipinski definition) is 0. The van der Waals surface area contributed by atoms with Crippen LogP contribution in [0.4, 0.5) is 0 Å². The fourth-order valence-electron chi connectivity index (χ4n) is 7.63. The predicted octanol–water partition coefficient (Wildman–Crippen LogP) is 19.6. The van der Waals surface area contributed by atoms with E-state index in [2.05, 4.69) is 142 Å². The summed E-state index contributed by atoms with van der Waals surface area (Å²) in [5.41, 5.74) is 0. The Hall–Kier alpha value is -4.19. The van der Waals surface area contributed by atoms with Crippen LogP contribution in [0, 0.1) is 0 Å². The Balaban J connectivity index is 4.50. The summed E-state index contributed by atoms with van der Waals surface area (Å²) in [7, 11) is 0. The van der Waals surface area contributed by atoms with Gasteiger partial charge in [-0.2, -0.15) is 0 Å². The molecule has 0 aliphatic rings. The van der Waals surface area contributed by atoms with Crippen LogP contribution in [0.5, 0.6) is 0 Å². The Morgan fingerprint density at radius 3 is 0.915 bits per heavy atom. The van der Waals surface area contributed by atoms with Crippen LogP contribution in [-0.4, -0.2) is 37.2 Å². The van der Waals surface area contributed by atoms with Crippen LogP contribution in [0.3, 0.4) is 0 Å². The molecule has 0 unspecified atom stereocenters. The van der Waals surface area contributed by atoms with Crippen molar-refractivity contribution < 1.29 is 28.6 Å². The lowest BCUT2D eigenvalue weighted by Gasteiger charge is -2.18. The molecule has 0 aromatic rings. The first-order valence-electron chi connectivity index (χ1n) is 29.0. The number of rotatable bonds is 51. The maximum absolute atomic E-state index is 12.8. The predicted molar refractivity (Wildman–Crippen MR) is 306 cm³/mol. The van der Waals surface area contributed by atoms with Gasteiger partial charge in [0, 0.05) is 19.3 Å². The van der Waals surface area contributed by atoms with Crippen molar-refractivity contribution in [3.05, 3.63) is 122 Å². The van der Waals surface area contributed by atoms with E-state index in [0.29, 0.717) is 19.3 Å². The summed E-state index contributed by atoms with van der Waals surface area (Å²) in [4.78, 5) is 38.2. The average Bonchev–Trinajstić information content (AvgIpc) is 3.37. The lowest BCUT2D eigenvalue weighted by Crippen LogP contribution is -2.30. The number of hydrogen-bond acceptors (Lipinski definition) is 6. The minimum absolute atomic E-state index is 0.109. The normalized spacial score (nSPS) is 13.0. The van der Waals surface area contributed by atoms with E-state index in [1.807, 2.05) is 0 Å². The molecule has 0 saturated carbocycles. The van der Waals surface area contributed by atoms with Crippen LogP contribution in [0.25, 0.3) is 0 Å². The first-order valence-corrected chi connectivity index (χ1v) is 29.0. The van der Waals surface area contributed by atoms with Gasteiger partial charge in [-0.3, -0.25) is 14.4 Å². The van der Waals surface area contributed by atoms with Crippen molar-refractivity contribution >= 4 is 17.9 Å². The van der Waals surface area contributed by atoms with E-state index in [1.54, 1.807) is 0 Å². The standard InChI is InChI=1S/C65H106O6/c1-4-7-10-13-16-19-22-25-28-30-32-34-37-39-42-45-48-51-54-57-63(66)69-60-62(71-65(68)59-56-53-50-47-44-41-36-27-24-21-18-15-12-9-6-3)61-70-64(67)58-55-52-49-46-43-40-38-35-33-31-29-26-23-20-17-14-11-8-5-2/h7,9-10,12,16,18-19,21,25-29,32,34,36,39,42,44,47,62H,4-6,8,11,13-15,17,20,22-24,30-31,33,35,37-38,40-41,43,45-46,48-61H2,1-3H3/b10-7-,12-9-,19-16-,21-18-,28-25-,29-26-,34-32-,36-27-,42-39-,47-44-/t62-/m1/s1. The second kappa shape index (κ2) is 58.4. The van der Waals surface area contributed by atoms with Gasteiger partial charge in [-0.05, 0) is 128 Å². The number of unbranched alkanes of at least 4 members (excludes halogenated alkanes) is 20. The average molecular weight is 984 g/mol. The Bertz CT molecular complexity index is 1500. The number of carbonyl (C=O) groups is 3. The number of ether oxygens (including phenoxy) is 3. The van der Waals surface area contributed by atoms with Crippen LogP contribution in [-0.2, 0) is 28.6 Å². The molecule has 0 rings (SSSR count). The Kier molecular flexibility index (Phi) is 54.9. The molecule has 0 aliphatic heterocycles. The van der Waals surface area contributed by atoms with Gasteiger partial charge in [-0.1, -0.05) is 226 Å². The largest absolute Gasteiger partial charge is 0.462 e. The minimum Gasteiger partial charge on any atom is -0.462 e. The van der Waals surface area contributed by atoms with Gasteiger partial charge in [0.05, 0.1) is 0 Å². The molecule has 0 amide bonds. The maximum atomic E-state index is 12.8. The quantitative estimate of drug-likeness (QED) is 0.0261. The van der Waals surface area contributed by atoms with Gasteiger partial charge in [-0.15, -0.1) is 0 Å². The first kappa shape index (κ1) is 66.8. The molecule has 0 heterocycles. The van der Waals surface area contributed by atoms with Gasteiger partial charge < -0.3 is 14.2 Å². The van der Waals surface area contributed by atoms with Crippen molar-refractivity contribution in [1.29, 1.82) is 0 Å². The van der Waals surface area contributed by atoms with Crippen molar-refractivity contribution in [3.8, 4) is 0 Å². The summed E-state index contributed by atoms with van der Waals surface area (Å²) in [5, 5.41) is 0. The Morgan fingerprint density at radius 1 is 0.296 bits per heavy atom. The van der Waals surface area contributed by atoms with Crippen molar-refractivity contribution in [2.24, 2.45) is 0 Å². The van der Waals surface area contributed by atoms with Crippen molar-refractivity contribution in [3.63, 3.8) is 0 Å². The topological polar surface area (TPSA) is 78.9 Å². The molecule has 0 spiro atoms. The summed E-state index contributed by atoms with van der Waals surface area (Å²) in [6.45, 7) is 6.34. The van der Waals surface area contributed by atoms with E-state index >= 15 is 0 Å². The second-order valence-electron chi connectivity index (χ2n) is 18.8. The lowest BCUT2D eigenvalue weighted by atomic mass is 10.1. The minimum atomic E-state index is -0.818. The highest BCUT2D eigenvalue weighted by molar-refractivity contribution is 5.71. The second-order valence-corrected chi connectivity index (χ2v) is 18.8. The van der Waals surface area contributed by atoms with E-state index < -0.39 is 6.10 Å². The van der Waals surface area contributed by atoms with Gasteiger partial charge >= 0.3 is 17.9 Å². The molecule has 6 heteroatoms. The molecule has 0 bridgehead atoms. The molecule has 0 fully saturated rings. The molecule has 0 radical (unpaired) electrons. The van der Waals surface area contributed by atoms with Crippen molar-refractivity contribution in [2.75, 3.05) is 13.2 Å². The molecule has 1 atom stereocenters. The number of allylic oxidation sites excluding steroid dienone is 20. The van der Waals surface area contributed by atoms with E-state index in [4.69, 9.17) is 14.2 Å². The van der Waals surface area contributed by atoms with Gasteiger partial charge in [0.2, 0.25) is 0 Å². The third kappa shape index (κ3) is 56.6. The Morgan fingerprint density at radius 2 is 0.549 bits per heavy atom. The zero-order valence-electron chi connectivity index (χ0n) is 45.9. The van der Waals surface area contributed by atoms with E-state index in [9.17, 15) is 14.4 Å². The molecule has 6 nitrogen and oxygen atoms in total. The SMILES string of the molecule is CC/C=C\C/C=C\C/C=C\C/C=C\C/C=C\CCCCCC(=O)OC[C@H](COC(=O)CCCCCCCCCCC/C=C\CCCCCCCC)OC(=O)CCCC/C=C\C/C=C\C/C=C\C/C=C\CC. The van der Waals surface area contributed by atoms with E-state index in [0.717, 1.165) is 116 Å². The number of esters is 3. The highest BCUT2D eigenvalue weighted by Gasteiger charge is 2.19. The third-order valence-corrected chi connectivity index (χ3v) is 11.9. The van der Waals surface area contributed by atoms with Crippen LogP contribution in [0.2, 0.25) is 0 Å². The first-order chi connectivity index (χ1) is 35.0. The van der Waals surface area contributed by atoms with Crippen LogP contribution in [0.1, 0.15) is 252 Å². The van der Waals surface area contributed by atoms with Crippen molar-refractivity contribution in [1.82, 2.24) is 0 Å². The Labute approximate surface area is 437 Å². The van der Waals surface area contributed by atoms with Crippen LogP contribution < -0.4 is 0 Å². The smallest absolute Gasteiger partial charge is 0.306 e. The van der Waals surface area contributed by atoms with Crippen LogP contribution >= 0.6 is 0 Å². The molecule has 0 saturated heterocycles. The zero-order valence-corrected chi connectivity index (χ0v) is 45.9. The highest BCUT2D eigenvalue weighted by Crippen LogP contribution is 2.14. The molecule has 71 heavy (non-hydrogen) atoms. The van der Waals surface area contributed by atoms with Crippen molar-refractivity contribution in [2.45, 2.75) is 258 Å². The summed E-state index contributed by atoms with van der Waals surface area (Å²) in [6.07, 6.45) is 80.5. The van der Waals surface area contributed by atoms with Gasteiger partial charge in [-0.25, -0.2) is 0 Å².